The van der Waals surface area contributed by atoms with Crippen molar-refractivity contribution in [2.75, 3.05) is 19.0 Å². The van der Waals surface area contributed by atoms with Crippen molar-refractivity contribution in [2.24, 2.45) is 0 Å². The van der Waals surface area contributed by atoms with Crippen molar-refractivity contribution in [1.29, 1.82) is 0 Å². The fourth-order valence-corrected chi connectivity index (χ4v) is 2.10. The van der Waals surface area contributed by atoms with Gasteiger partial charge in [0.1, 0.15) is 11.5 Å². The van der Waals surface area contributed by atoms with Crippen LogP contribution in [0.25, 0.3) is 6.08 Å². The van der Waals surface area contributed by atoms with Crippen molar-refractivity contribution in [2.45, 2.75) is 6.92 Å². The summed E-state index contributed by atoms with van der Waals surface area (Å²) in [5.74, 6) is 0.673. The highest BCUT2D eigenvalue weighted by atomic mass is 16.6. The predicted octanol–water partition coefficient (Wildman–Crippen LogP) is 3.65. The number of anilines is 1. The van der Waals surface area contributed by atoms with Gasteiger partial charge in [0.2, 0.25) is 5.91 Å². The molecule has 2 aromatic rings. The second-order valence-corrected chi connectivity index (χ2v) is 4.97. The summed E-state index contributed by atoms with van der Waals surface area (Å²) in [4.78, 5) is 22.4. The van der Waals surface area contributed by atoms with Crippen LogP contribution in [0.1, 0.15) is 12.5 Å². The van der Waals surface area contributed by atoms with E-state index in [0.29, 0.717) is 12.4 Å². The average molecular weight is 342 g/mol. The molecule has 2 aromatic carbocycles. The summed E-state index contributed by atoms with van der Waals surface area (Å²) < 4.78 is 10.5. The third-order valence-electron chi connectivity index (χ3n) is 3.27. The highest BCUT2D eigenvalue weighted by Crippen LogP contribution is 2.28. The molecule has 0 aromatic heterocycles. The van der Waals surface area contributed by atoms with Crippen molar-refractivity contribution in [3.05, 3.63) is 64.2 Å². The minimum atomic E-state index is -0.537. The Hall–Kier alpha value is -3.35. The van der Waals surface area contributed by atoms with Gasteiger partial charge in [-0.05, 0) is 36.8 Å². The molecule has 0 bridgehead atoms. The van der Waals surface area contributed by atoms with Gasteiger partial charge in [-0.2, -0.15) is 0 Å². The molecule has 0 saturated carbocycles. The molecule has 0 heterocycles. The van der Waals surface area contributed by atoms with Crippen LogP contribution in [0.5, 0.6) is 11.5 Å². The molecule has 0 aliphatic rings. The van der Waals surface area contributed by atoms with E-state index in [-0.39, 0.29) is 11.4 Å². The molecular weight excluding hydrogens is 324 g/mol. The second kappa shape index (κ2) is 8.49. The molecule has 130 valence electrons. The standard InChI is InChI=1S/C18H18N2O5/c1-3-25-15-8-4-13(5-9-15)6-11-18(21)19-16-12-14(20(22)23)7-10-17(16)24-2/h4-12H,3H2,1-2H3,(H,19,21)/b11-6+. The van der Waals surface area contributed by atoms with Gasteiger partial charge in [-0.15, -0.1) is 0 Å². The zero-order valence-corrected chi connectivity index (χ0v) is 13.9. The normalized spacial score (nSPS) is 10.5. The number of ether oxygens (including phenoxy) is 2. The lowest BCUT2D eigenvalue weighted by atomic mass is 10.2. The Kier molecular flexibility index (Phi) is 6.11. The molecule has 0 spiro atoms. The van der Waals surface area contributed by atoms with Crippen molar-refractivity contribution in [3.63, 3.8) is 0 Å². The molecular formula is C18H18N2O5. The van der Waals surface area contributed by atoms with E-state index in [1.54, 1.807) is 6.08 Å². The lowest BCUT2D eigenvalue weighted by Crippen LogP contribution is -2.09. The van der Waals surface area contributed by atoms with E-state index in [2.05, 4.69) is 5.32 Å². The number of nitrogens with one attached hydrogen (secondary N) is 1. The van der Waals surface area contributed by atoms with Gasteiger partial charge in [0, 0.05) is 18.2 Å². The first-order valence-electron chi connectivity index (χ1n) is 7.58. The van der Waals surface area contributed by atoms with Crippen molar-refractivity contribution >= 4 is 23.4 Å². The van der Waals surface area contributed by atoms with Gasteiger partial charge in [-0.1, -0.05) is 12.1 Å². The van der Waals surface area contributed by atoms with Crippen LogP contribution < -0.4 is 14.8 Å². The molecule has 0 aliphatic heterocycles. The molecule has 7 heteroatoms. The smallest absolute Gasteiger partial charge is 0.271 e. The maximum Gasteiger partial charge on any atom is 0.271 e. The maximum absolute atomic E-state index is 12.1. The SMILES string of the molecule is CCOc1ccc(/C=C/C(=O)Nc2cc([N+](=O)[O-])ccc2OC)cc1. The molecule has 1 N–H and O–H groups in total. The highest BCUT2D eigenvalue weighted by molar-refractivity contribution is 6.03. The Labute approximate surface area is 145 Å². The number of methoxy groups -OCH3 is 1. The van der Waals surface area contributed by atoms with Gasteiger partial charge in [0.25, 0.3) is 5.69 Å². The summed E-state index contributed by atoms with van der Waals surface area (Å²) in [5.41, 5.74) is 0.925. The van der Waals surface area contributed by atoms with Crippen LogP contribution in [0.15, 0.2) is 48.5 Å². The molecule has 0 radical (unpaired) electrons. The Morgan fingerprint density at radius 1 is 1.24 bits per heavy atom. The minimum absolute atomic E-state index is 0.133. The van der Waals surface area contributed by atoms with Gasteiger partial charge in [0.05, 0.1) is 24.3 Å². The van der Waals surface area contributed by atoms with Gasteiger partial charge in [-0.3, -0.25) is 14.9 Å². The topological polar surface area (TPSA) is 90.7 Å². The molecule has 0 atom stereocenters. The van der Waals surface area contributed by atoms with Crippen LogP contribution in [0.3, 0.4) is 0 Å². The number of nitrogens with zero attached hydrogens (tertiary/aromatic N) is 1. The summed E-state index contributed by atoms with van der Waals surface area (Å²) in [6.45, 7) is 2.49. The van der Waals surface area contributed by atoms with E-state index in [4.69, 9.17) is 9.47 Å². The third-order valence-corrected chi connectivity index (χ3v) is 3.27. The second-order valence-electron chi connectivity index (χ2n) is 4.97. The summed E-state index contributed by atoms with van der Waals surface area (Å²) in [6, 6.07) is 11.3. The number of hydrogen-bond acceptors (Lipinski definition) is 5. The van der Waals surface area contributed by atoms with E-state index in [1.807, 2.05) is 31.2 Å². The van der Waals surface area contributed by atoms with Gasteiger partial charge in [-0.25, -0.2) is 0 Å². The zero-order valence-electron chi connectivity index (χ0n) is 13.9. The van der Waals surface area contributed by atoms with Crippen LogP contribution in [-0.2, 0) is 4.79 Å². The number of non-ortho nitro benzene ring substituents is 1. The Balaban J connectivity index is 2.08. The van der Waals surface area contributed by atoms with Crippen molar-refractivity contribution < 1.29 is 19.2 Å². The van der Waals surface area contributed by atoms with Crippen LogP contribution in [0, 0.1) is 10.1 Å². The van der Waals surface area contributed by atoms with Crippen molar-refractivity contribution in [1.82, 2.24) is 0 Å². The number of nitro groups is 1. The number of rotatable bonds is 7. The Morgan fingerprint density at radius 3 is 2.56 bits per heavy atom. The maximum atomic E-state index is 12.1. The average Bonchev–Trinajstić information content (AvgIpc) is 2.61. The molecule has 1 amide bonds. The van der Waals surface area contributed by atoms with E-state index in [1.165, 1.54) is 31.4 Å². The first-order chi connectivity index (χ1) is 12.0. The van der Waals surface area contributed by atoms with E-state index < -0.39 is 10.8 Å². The van der Waals surface area contributed by atoms with Crippen molar-refractivity contribution in [3.8, 4) is 11.5 Å². The molecule has 0 unspecified atom stereocenters. The number of carbonyl (C=O) groups is 1. The Bertz CT molecular complexity index is 785. The number of amides is 1. The molecule has 0 aliphatic carbocycles. The van der Waals surface area contributed by atoms with Crippen LogP contribution in [-0.4, -0.2) is 24.5 Å². The number of hydrogen-bond donors (Lipinski definition) is 1. The van der Waals surface area contributed by atoms with Crippen LogP contribution in [0.2, 0.25) is 0 Å². The quantitative estimate of drug-likeness (QED) is 0.471. The lowest BCUT2D eigenvalue weighted by Gasteiger charge is -2.08. The highest BCUT2D eigenvalue weighted by Gasteiger charge is 2.12. The number of nitro benzene ring substituents is 1. The first kappa shape index (κ1) is 18.0. The van der Waals surface area contributed by atoms with E-state index >= 15 is 0 Å². The summed E-state index contributed by atoms with van der Waals surface area (Å²) in [7, 11) is 1.42. The summed E-state index contributed by atoms with van der Waals surface area (Å²) in [6.07, 6.45) is 2.98. The Morgan fingerprint density at radius 2 is 1.96 bits per heavy atom. The molecule has 2 rings (SSSR count). The zero-order chi connectivity index (χ0) is 18.2. The molecule has 0 saturated heterocycles. The van der Waals surface area contributed by atoms with Gasteiger partial charge in [0.15, 0.2) is 0 Å². The summed E-state index contributed by atoms with van der Waals surface area (Å²) >= 11 is 0. The number of carbonyl (C=O) groups excluding carboxylic acids is 1. The third kappa shape index (κ3) is 5.07. The molecule has 0 fully saturated rings. The fourth-order valence-electron chi connectivity index (χ4n) is 2.10. The monoisotopic (exact) mass is 342 g/mol. The molecule has 7 nitrogen and oxygen atoms in total. The van der Waals surface area contributed by atoms with E-state index in [9.17, 15) is 14.9 Å². The minimum Gasteiger partial charge on any atom is -0.495 e. The lowest BCUT2D eigenvalue weighted by molar-refractivity contribution is -0.384. The predicted molar refractivity (Wildman–Crippen MR) is 94.9 cm³/mol. The molecule has 25 heavy (non-hydrogen) atoms. The van der Waals surface area contributed by atoms with E-state index in [0.717, 1.165) is 11.3 Å². The largest absolute Gasteiger partial charge is 0.495 e. The first-order valence-corrected chi connectivity index (χ1v) is 7.58. The number of benzene rings is 2. The van der Waals surface area contributed by atoms with Gasteiger partial charge < -0.3 is 14.8 Å². The summed E-state index contributed by atoms with van der Waals surface area (Å²) in [5, 5.41) is 13.4. The fraction of sp³-hybridized carbons (Fsp3) is 0.167. The van der Waals surface area contributed by atoms with Crippen LogP contribution >= 0.6 is 0 Å². The van der Waals surface area contributed by atoms with Crippen LogP contribution in [0.4, 0.5) is 11.4 Å². The van der Waals surface area contributed by atoms with Gasteiger partial charge >= 0.3 is 0 Å².